The molecule has 4 N–H and O–H groups in total. The van der Waals surface area contributed by atoms with Gasteiger partial charge in [-0.3, -0.25) is 0 Å². The van der Waals surface area contributed by atoms with Crippen LogP contribution in [-0.4, -0.2) is 9.97 Å². The monoisotopic (exact) mass is 369 g/mol. The Morgan fingerprint density at radius 1 is 1.29 bits per heavy atom. The number of hydrogen-bond acceptors (Lipinski definition) is 6. The zero-order chi connectivity index (χ0) is 15.6. The summed E-state index contributed by atoms with van der Waals surface area (Å²) in [6, 6.07) is 2.04. The second kappa shape index (κ2) is 6.29. The van der Waals surface area contributed by atoms with Crippen LogP contribution in [0.25, 0.3) is 0 Å². The third-order valence-electron chi connectivity index (χ3n) is 3.06. The zero-order valence-corrected chi connectivity index (χ0v) is 15.0. The van der Waals surface area contributed by atoms with E-state index in [2.05, 4.69) is 62.8 Å². The molecule has 0 saturated heterocycles. The van der Waals surface area contributed by atoms with E-state index >= 15 is 0 Å². The number of rotatable bonds is 4. The van der Waals surface area contributed by atoms with Crippen LogP contribution in [-0.2, 0) is 12.0 Å². The second-order valence-corrected chi connectivity index (χ2v) is 7.66. The quantitative estimate of drug-likeness (QED) is 0.564. The minimum absolute atomic E-state index is 0.140. The van der Waals surface area contributed by atoms with Crippen molar-refractivity contribution < 1.29 is 0 Å². The maximum atomic E-state index is 5.57. The molecule has 0 bridgehead atoms. The van der Waals surface area contributed by atoms with Crippen molar-refractivity contribution in [2.45, 2.75) is 39.7 Å². The zero-order valence-electron chi connectivity index (χ0n) is 12.6. The van der Waals surface area contributed by atoms with Crippen molar-refractivity contribution in [3.63, 3.8) is 0 Å². The summed E-state index contributed by atoms with van der Waals surface area (Å²) < 4.78 is 1.11. The van der Waals surface area contributed by atoms with Crippen LogP contribution < -0.4 is 16.6 Å². The fourth-order valence-corrected chi connectivity index (χ4v) is 3.21. The highest BCUT2D eigenvalue weighted by molar-refractivity contribution is 9.10. The highest BCUT2D eigenvalue weighted by Crippen LogP contribution is 2.28. The molecule has 0 aliphatic carbocycles. The standard InChI is InChI=1S/C14H20BrN5S/c1-8-11(17-7-10-9(15)5-6-21-10)18-13(14(2,3)4)19-12(8)20-16/h5-6H,7,16H2,1-4H3,(H2,17,18,19,20). The summed E-state index contributed by atoms with van der Waals surface area (Å²) in [5.74, 6) is 7.79. The van der Waals surface area contributed by atoms with E-state index in [9.17, 15) is 0 Å². The molecule has 0 unspecified atom stereocenters. The molecule has 0 atom stereocenters. The van der Waals surface area contributed by atoms with Gasteiger partial charge in [0.25, 0.3) is 0 Å². The topological polar surface area (TPSA) is 75.9 Å². The molecule has 0 saturated carbocycles. The van der Waals surface area contributed by atoms with Gasteiger partial charge in [-0.05, 0) is 34.3 Å². The van der Waals surface area contributed by atoms with Crippen molar-refractivity contribution in [2.75, 3.05) is 10.7 Å². The van der Waals surface area contributed by atoms with Crippen LogP contribution in [0.5, 0.6) is 0 Å². The van der Waals surface area contributed by atoms with E-state index in [1.165, 1.54) is 4.88 Å². The van der Waals surface area contributed by atoms with Gasteiger partial charge in [0.2, 0.25) is 0 Å². The Labute approximate surface area is 137 Å². The SMILES string of the molecule is Cc1c(NN)nc(C(C)(C)C)nc1NCc1sccc1Br. The van der Waals surface area contributed by atoms with Crippen molar-refractivity contribution in [2.24, 2.45) is 5.84 Å². The van der Waals surface area contributed by atoms with E-state index in [1.807, 2.05) is 13.0 Å². The van der Waals surface area contributed by atoms with E-state index in [-0.39, 0.29) is 5.41 Å². The Morgan fingerprint density at radius 2 is 1.95 bits per heavy atom. The molecule has 2 aromatic heterocycles. The van der Waals surface area contributed by atoms with Gasteiger partial charge in [-0.15, -0.1) is 11.3 Å². The summed E-state index contributed by atoms with van der Waals surface area (Å²) >= 11 is 5.24. The predicted octanol–water partition coefficient (Wildman–Crippen LogP) is 3.80. The van der Waals surface area contributed by atoms with Gasteiger partial charge in [0, 0.05) is 20.3 Å². The van der Waals surface area contributed by atoms with E-state index in [1.54, 1.807) is 11.3 Å². The molecule has 2 heterocycles. The Hall–Kier alpha value is -1.18. The lowest BCUT2D eigenvalue weighted by Gasteiger charge is -2.20. The number of anilines is 2. The summed E-state index contributed by atoms with van der Waals surface area (Å²) in [7, 11) is 0. The van der Waals surface area contributed by atoms with Crippen molar-refractivity contribution in [1.82, 2.24) is 9.97 Å². The Morgan fingerprint density at radius 3 is 2.48 bits per heavy atom. The summed E-state index contributed by atoms with van der Waals surface area (Å²) in [5, 5.41) is 5.43. The summed E-state index contributed by atoms with van der Waals surface area (Å²) in [4.78, 5) is 10.4. The third-order valence-corrected chi connectivity index (χ3v) is 4.99. The number of halogens is 1. The second-order valence-electron chi connectivity index (χ2n) is 5.81. The molecular formula is C14H20BrN5S. The smallest absolute Gasteiger partial charge is 0.148 e. The van der Waals surface area contributed by atoms with Crippen LogP contribution in [0.15, 0.2) is 15.9 Å². The van der Waals surface area contributed by atoms with Crippen molar-refractivity contribution in [3.05, 3.63) is 32.2 Å². The van der Waals surface area contributed by atoms with Crippen LogP contribution >= 0.6 is 27.3 Å². The summed E-state index contributed by atoms with van der Waals surface area (Å²) in [6.45, 7) is 8.91. The third kappa shape index (κ3) is 3.72. The van der Waals surface area contributed by atoms with Crippen molar-refractivity contribution in [1.29, 1.82) is 0 Å². The van der Waals surface area contributed by atoms with Crippen LogP contribution in [0.4, 0.5) is 11.6 Å². The number of nitrogens with two attached hydrogens (primary N) is 1. The molecular weight excluding hydrogens is 350 g/mol. The number of thiophene rings is 1. The van der Waals surface area contributed by atoms with Gasteiger partial charge in [-0.1, -0.05) is 20.8 Å². The van der Waals surface area contributed by atoms with Crippen molar-refractivity contribution >= 4 is 38.9 Å². The maximum Gasteiger partial charge on any atom is 0.148 e. The lowest BCUT2D eigenvalue weighted by Crippen LogP contribution is -2.21. The van der Waals surface area contributed by atoms with Gasteiger partial charge in [-0.2, -0.15) is 0 Å². The van der Waals surface area contributed by atoms with Crippen LogP contribution in [0.1, 0.15) is 37.0 Å². The van der Waals surface area contributed by atoms with Gasteiger partial charge >= 0.3 is 0 Å². The fourth-order valence-electron chi connectivity index (χ4n) is 1.78. The van der Waals surface area contributed by atoms with E-state index in [0.29, 0.717) is 12.4 Å². The fraction of sp³-hybridized carbons (Fsp3) is 0.429. The number of hydrogen-bond donors (Lipinski definition) is 3. The molecule has 0 aliphatic heterocycles. The lowest BCUT2D eigenvalue weighted by atomic mass is 9.95. The average Bonchev–Trinajstić information content (AvgIpc) is 2.82. The Balaban J connectivity index is 2.31. The first-order valence-electron chi connectivity index (χ1n) is 6.64. The van der Waals surface area contributed by atoms with E-state index in [0.717, 1.165) is 21.7 Å². The molecule has 2 aromatic rings. The highest BCUT2D eigenvalue weighted by Gasteiger charge is 2.21. The Kier molecular flexibility index (Phi) is 4.85. The minimum atomic E-state index is -0.140. The first-order valence-corrected chi connectivity index (χ1v) is 8.31. The molecule has 0 aromatic carbocycles. The van der Waals surface area contributed by atoms with Gasteiger partial charge < -0.3 is 10.7 Å². The van der Waals surface area contributed by atoms with Gasteiger partial charge in [0.15, 0.2) is 0 Å². The van der Waals surface area contributed by atoms with E-state index in [4.69, 9.17) is 5.84 Å². The molecule has 7 heteroatoms. The molecule has 0 radical (unpaired) electrons. The predicted molar refractivity (Wildman–Crippen MR) is 92.6 cm³/mol. The average molecular weight is 370 g/mol. The minimum Gasteiger partial charge on any atom is -0.365 e. The van der Waals surface area contributed by atoms with Gasteiger partial charge in [0.1, 0.15) is 17.5 Å². The number of aromatic nitrogens is 2. The van der Waals surface area contributed by atoms with E-state index < -0.39 is 0 Å². The van der Waals surface area contributed by atoms with Gasteiger partial charge in [-0.25, -0.2) is 15.8 Å². The number of nitrogen functional groups attached to an aromatic ring is 1. The van der Waals surface area contributed by atoms with Crippen LogP contribution in [0.3, 0.4) is 0 Å². The number of hydrazine groups is 1. The normalized spacial score (nSPS) is 11.5. The molecule has 0 fully saturated rings. The highest BCUT2D eigenvalue weighted by atomic mass is 79.9. The molecule has 2 rings (SSSR count). The maximum absolute atomic E-state index is 5.57. The summed E-state index contributed by atoms with van der Waals surface area (Å²) in [6.07, 6.45) is 0. The number of nitrogens with zero attached hydrogens (tertiary/aromatic N) is 2. The molecule has 0 amide bonds. The molecule has 0 aliphatic rings. The molecule has 0 spiro atoms. The first-order chi connectivity index (χ1) is 9.82. The molecule has 5 nitrogen and oxygen atoms in total. The largest absolute Gasteiger partial charge is 0.365 e. The Bertz CT molecular complexity index is 633. The molecule has 21 heavy (non-hydrogen) atoms. The van der Waals surface area contributed by atoms with Crippen molar-refractivity contribution in [3.8, 4) is 0 Å². The molecule has 114 valence electrons. The van der Waals surface area contributed by atoms with Crippen LogP contribution in [0, 0.1) is 6.92 Å². The number of nitrogens with one attached hydrogen (secondary N) is 2. The lowest BCUT2D eigenvalue weighted by molar-refractivity contribution is 0.546. The van der Waals surface area contributed by atoms with Gasteiger partial charge in [0.05, 0.1) is 6.54 Å². The first kappa shape index (κ1) is 16.2. The van der Waals surface area contributed by atoms with Crippen LogP contribution in [0.2, 0.25) is 0 Å². The summed E-state index contributed by atoms with van der Waals surface area (Å²) in [5.41, 5.74) is 3.43.